The summed E-state index contributed by atoms with van der Waals surface area (Å²) >= 11 is 0. The van der Waals surface area contributed by atoms with Crippen LogP contribution in [-0.4, -0.2) is 157 Å². The van der Waals surface area contributed by atoms with E-state index < -0.39 is 82.1 Å². The standard InChI is InChI=1S/C58H86N2O13S4/c1-4-69-46(64)14-10-36-25-37-17-23-70-48(37)50-49(36)72-52-58(68)47-38(8-11-42(62)41(47)30-61)27-56(67,51(58)65)57(73-52)33-76-77-55-28-40(54(21-15-35(26-54)29-59-3)43(55)16-20-53(66)18-5-6-19-53)32-75-74-31-39(9-13-45(57)63)34(2)7-12-44(55)60-22-24-71-50/h8,11,17,23,25,34-35,38-45,47,51-52,59-63,65-68H,4-7,9-10,12-16,18-22,24,26-33H2,1-3H3. The lowest BCUT2D eigenvalue weighted by atomic mass is 9.50. The minimum absolute atomic E-state index is 0.00124. The number of ether oxygens (including phenoxy) is 4. The largest absolute Gasteiger partial charge is 0.485 e. The Labute approximate surface area is 470 Å². The van der Waals surface area contributed by atoms with E-state index in [9.17, 15) is 40.5 Å². The van der Waals surface area contributed by atoms with E-state index in [-0.39, 0.29) is 85.4 Å². The molecule has 11 rings (SSSR count). The molecule has 3 spiro atoms. The second kappa shape index (κ2) is 23.0. The third-order valence-corrected chi connectivity index (χ3v) is 27.1. The number of fused-ring (bicyclic) bond motifs is 16. The monoisotopic (exact) mass is 1150 g/mol. The molecule has 77 heavy (non-hydrogen) atoms. The number of allylic oxidation sites excluding steroid dienone is 1. The van der Waals surface area contributed by atoms with Crippen molar-refractivity contribution in [3.05, 3.63) is 36.1 Å². The molecule has 5 heterocycles. The van der Waals surface area contributed by atoms with Crippen molar-refractivity contribution in [2.45, 2.75) is 181 Å². The first kappa shape index (κ1) is 57.4. The average molecular weight is 1150 g/mol. The van der Waals surface area contributed by atoms with Gasteiger partial charge in [-0.1, -0.05) is 75.1 Å². The van der Waals surface area contributed by atoms with Gasteiger partial charge in [-0.05, 0) is 169 Å². The Morgan fingerprint density at radius 1 is 0.961 bits per heavy atom. The molecule has 8 bridgehead atoms. The molecule has 2 aromatic rings. The highest BCUT2D eigenvalue weighted by Crippen LogP contribution is 2.72. The van der Waals surface area contributed by atoms with Crippen molar-refractivity contribution in [3.63, 3.8) is 0 Å². The van der Waals surface area contributed by atoms with Crippen LogP contribution < -0.4 is 20.1 Å². The minimum Gasteiger partial charge on any atom is -0.485 e. The fourth-order valence-corrected chi connectivity index (χ4v) is 24.6. The van der Waals surface area contributed by atoms with E-state index in [1.807, 2.05) is 44.5 Å². The topological polar surface area (TPSA) is 233 Å². The molecule has 4 aliphatic heterocycles. The number of rotatable bonds is 10. The van der Waals surface area contributed by atoms with E-state index in [1.165, 1.54) is 0 Å². The Hall–Kier alpha value is -1.43. The van der Waals surface area contributed by atoms with Gasteiger partial charge in [0.05, 0.1) is 30.7 Å². The Morgan fingerprint density at radius 3 is 2.57 bits per heavy atom. The first-order valence-corrected chi connectivity index (χ1v) is 34.0. The molecule has 4 saturated carbocycles. The number of benzene rings is 1. The highest BCUT2D eigenvalue weighted by atomic mass is 33.1. The molecule has 5 aliphatic carbocycles. The molecule has 18 atom stereocenters. The molecule has 1 aromatic carbocycles. The molecule has 0 radical (unpaired) electrons. The lowest BCUT2D eigenvalue weighted by Crippen LogP contribution is -2.86. The summed E-state index contributed by atoms with van der Waals surface area (Å²) in [6.45, 7) is 5.36. The molecular formula is C58H86N2O13S4. The number of hydrogen-bond donors (Lipinski definition) is 9. The number of nitrogens with one attached hydrogen (secondary N) is 2. The summed E-state index contributed by atoms with van der Waals surface area (Å²) in [4.78, 5) is 13.1. The smallest absolute Gasteiger partial charge is 0.306 e. The SMILES string of the molecule is CCOC(=O)CCc1cc2ccoc2c2c1OC1OC3(CSSC45CC(CSSCC(CCC3O)C(C)CCC4NCCO2)C2(CCC(CNC)C2)C5CCC2(O)CCCC2)C2(O)CC3C=CC(O)C(CO)C3C1(O)C2O. The number of aliphatic hydroxyl groups is 7. The van der Waals surface area contributed by atoms with Crippen molar-refractivity contribution < 1.29 is 63.9 Å². The van der Waals surface area contributed by atoms with Crippen LogP contribution in [-0.2, 0) is 20.7 Å². The summed E-state index contributed by atoms with van der Waals surface area (Å²) in [6.07, 6.45) is 10.8. The maximum absolute atomic E-state index is 13.9. The van der Waals surface area contributed by atoms with E-state index in [4.69, 9.17) is 23.4 Å². The quantitative estimate of drug-likeness (QED) is 0.0651. The van der Waals surface area contributed by atoms with E-state index >= 15 is 0 Å². The number of hydrogen-bond acceptors (Lipinski definition) is 19. The van der Waals surface area contributed by atoms with E-state index in [0.717, 1.165) is 95.1 Å². The zero-order valence-corrected chi connectivity index (χ0v) is 48.5. The van der Waals surface area contributed by atoms with Crippen molar-refractivity contribution in [3.8, 4) is 11.5 Å². The van der Waals surface area contributed by atoms with Crippen molar-refractivity contribution in [2.75, 3.05) is 57.2 Å². The van der Waals surface area contributed by atoms with Crippen molar-refractivity contribution in [1.82, 2.24) is 10.6 Å². The van der Waals surface area contributed by atoms with Crippen LogP contribution in [0, 0.1) is 52.8 Å². The molecule has 19 heteroatoms. The van der Waals surface area contributed by atoms with Gasteiger partial charge < -0.3 is 69.7 Å². The van der Waals surface area contributed by atoms with E-state index in [2.05, 4.69) is 24.6 Å². The fourth-order valence-electron chi connectivity index (χ4n) is 17.2. The van der Waals surface area contributed by atoms with Gasteiger partial charge in [-0.15, -0.1) is 0 Å². The zero-order chi connectivity index (χ0) is 54.0. The number of carbonyl (C=O) groups excluding carboxylic acids is 1. The predicted octanol–water partition coefficient (Wildman–Crippen LogP) is 7.18. The molecule has 15 nitrogen and oxygen atoms in total. The summed E-state index contributed by atoms with van der Waals surface area (Å²) in [7, 11) is 9.49. The van der Waals surface area contributed by atoms with Crippen LogP contribution in [0.3, 0.4) is 0 Å². The first-order valence-electron chi connectivity index (χ1n) is 29.2. The molecule has 9 aliphatic rings. The molecule has 18 unspecified atom stereocenters. The summed E-state index contributed by atoms with van der Waals surface area (Å²) in [5.74, 6) is 0.610. The number of aryl methyl sites for hydroxylation is 1. The summed E-state index contributed by atoms with van der Waals surface area (Å²) in [6, 6.07) is 3.65. The second-order valence-electron chi connectivity index (χ2n) is 25.1. The molecule has 0 amide bonds. The number of carbonyl (C=O) groups is 1. The van der Waals surface area contributed by atoms with Crippen molar-refractivity contribution in [1.29, 1.82) is 0 Å². The van der Waals surface area contributed by atoms with Crippen LogP contribution in [0.25, 0.3) is 11.0 Å². The molecular weight excluding hydrogens is 1060 g/mol. The first-order chi connectivity index (χ1) is 37.1. The summed E-state index contributed by atoms with van der Waals surface area (Å²) < 4.78 is 32.8. The summed E-state index contributed by atoms with van der Waals surface area (Å²) in [5, 5.41) is 97.9. The van der Waals surface area contributed by atoms with E-state index in [0.29, 0.717) is 41.3 Å². The third kappa shape index (κ3) is 9.96. The van der Waals surface area contributed by atoms with Crippen molar-refractivity contribution >= 4 is 60.1 Å². The fraction of sp³-hybridized carbons (Fsp3) is 0.810. The third-order valence-electron chi connectivity index (χ3n) is 21.2. The van der Waals surface area contributed by atoms with Crippen LogP contribution in [0.15, 0.2) is 35.0 Å². The van der Waals surface area contributed by atoms with Crippen LogP contribution in [0.5, 0.6) is 11.5 Å². The van der Waals surface area contributed by atoms with Gasteiger partial charge in [0.15, 0.2) is 16.9 Å². The van der Waals surface area contributed by atoms with Gasteiger partial charge in [0.25, 0.3) is 0 Å². The molecule has 9 N–H and O–H groups in total. The van der Waals surface area contributed by atoms with Gasteiger partial charge >= 0.3 is 5.97 Å². The second-order valence-corrected chi connectivity index (χ2v) is 30.3. The number of aliphatic hydroxyl groups excluding tert-OH is 4. The van der Waals surface area contributed by atoms with E-state index in [1.54, 1.807) is 36.1 Å². The number of furan rings is 1. The van der Waals surface area contributed by atoms with Gasteiger partial charge in [-0.25, -0.2) is 0 Å². The zero-order valence-electron chi connectivity index (χ0n) is 45.3. The molecule has 430 valence electrons. The molecule has 1 aromatic heterocycles. The maximum Gasteiger partial charge on any atom is 0.306 e. The Kier molecular flexibility index (Phi) is 17.1. The average Bonchev–Trinajstić information content (AvgIpc) is 4.25. The maximum atomic E-state index is 13.9. The molecule has 7 fully saturated rings. The lowest BCUT2D eigenvalue weighted by Gasteiger charge is -2.67. The Balaban J connectivity index is 1.13. The normalized spacial score (nSPS) is 43.8. The van der Waals surface area contributed by atoms with Crippen LogP contribution in [0.4, 0.5) is 0 Å². The van der Waals surface area contributed by atoms with Gasteiger partial charge in [-0.3, -0.25) is 4.79 Å². The van der Waals surface area contributed by atoms with Gasteiger partial charge in [0.2, 0.25) is 12.0 Å². The summed E-state index contributed by atoms with van der Waals surface area (Å²) in [5.41, 5.74) is -6.58. The Morgan fingerprint density at radius 2 is 1.78 bits per heavy atom. The van der Waals surface area contributed by atoms with Crippen LogP contribution in [0.2, 0.25) is 0 Å². The highest BCUT2D eigenvalue weighted by molar-refractivity contribution is 8.77. The van der Waals surface area contributed by atoms with Crippen molar-refractivity contribution in [2.24, 2.45) is 52.8 Å². The van der Waals surface area contributed by atoms with Gasteiger partial charge in [0.1, 0.15) is 23.9 Å². The van der Waals surface area contributed by atoms with Gasteiger partial charge in [-0.2, -0.15) is 0 Å². The lowest BCUT2D eigenvalue weighted by molar-refractivity contribution is -0.424. The van der Waals surface area contributed by atoms with Gasteiger partial charge in [0, 0.05) is 64.8 Å². The highest BCUT2D eigenvalue weighted by Gasteiger charge is 2.78. The Bertz CT molecular complexity index is 2430. The van der Waals surface area contributed by atoms with Crippen LogP contribution >= 0.6 is 43.2 Å². The predicted molar refractivity (Wildman–Crippen MR) is 303 cm³/mol. The number of esters is 1. The minimum atomic E-state index is -2.50. The van der Waals surface area contributed by atoms with Crippen LogP contribution in [0.1, 0.15) is 122 Å². The molecule has 3 saturated heterocycles.